The maximum Gasteiger partial charge on any atom is 0.418 e. The summed E-state index contributed by atoms with van der Waals surface area (Å²) in [6.07, 6.45) is -4.50. The molecule has 18 heavy (non-hydrogen) atoms. The van der Waals surface area contributed by atoms with Gasteiger partial charge in [-0.3, -0.25) is 0 Å². The number of alkyl halides is 3. The average molecular weight is 262 g/mol. The molecule has 0 aliphatic heterocycles. The van der Waals surface area contributed by atoms with Crippen LogP contribution in [0.4, 0.5) is 23.7 Å². The molecule has 0 saturated heterocycles. The molecule has 0 radical (unpaired) electrons. The van der Waals surface area contributed by atoms with Gasteiger partial charge in [-0.05, 0) is 12.1 Å². The van der Waals surface area contributed by atoms with E-state index in [0.29, 0.717) is 0 Å². The Labute approximate surface area is 102 Å². The quantitative estimate of drug-likeness (QED) is 0.819. The van der Waals surface area contributed by atoms with Gasteiger partial charge < -0.3 is 15.4 Å². The SMILES string of the molecule is COCCNC(=O)Nc1ccccc1C(F)(F)F. The summed E-state index contributed by atoms with van der Waals surface area (Å²) in [5.41, 5.74) is -1.16. The van der Waals surface area contributed by atoms with Gasteiger partial charge in [0.2, 0.25) is 0 Å². The van der Waals surface area contributed by atoms with Crippen LogP contribution in [0.2, 0.25) is 0 Å². The highest BCUT2D eigenvalue weighted by Crippen LogP contribution is 2.34. The molecule has 100 valence electrons. The number of rotatable bonds is 4. The van der Waals surface area contributed by atoms with Gasteiger partial charge in [-0.1, -0.05) is 12.1 Å². The lowest BCUT2D eigenvalue weighted by Gasteiger charge is -2.13. The molecule has 2 amide bonds. The summed E-state index contributed by atoms with van der Waals surface area (Å²) in [5, 5.41) is 4.52. The van der Waals surface area contributed by atoms with E-state index in [1.165, 1.54) is 25.3 Å². The molecule has 0 heterocycles. The summed E-state index contributed by atoms with van der Waals surface area (Å²) in [4.78, 5) is 11.3. The Morgan fingerprint density at radius 3 is 2.61 bits per heavy atom. The summed E-state index contributed by atoms with van der Waals surface area (Å²) in [5.74, 6) is 0. The van der Waals surface area contributed by atoms with Crippen molar-refractivity contribution in [1.29, 1.82) is 0 Å². The van der Waals surface area contributed by atoms with Crippen LogP contribution in [0.25, 0.3) is 0 Å². The van der Waals surface area contributed by atoms with E-state index in [-0.39, 0.29) is 18.8 Å². The Bertz CT molecular complexity index is 408. The van der Waals surface area contributed by atoms with Crippen LogP contribution in [-0.4, -0.2) is 26.3 Å². The van der Waals surface area contributed by atoms with Crippen LogP contribution in [0.1, 0.15) is 5.56 Å². The lowest BCUT2D eigenvalue weighted by Crippen LogP contribution is -2.32. The van der Waals surface area contributed by atoms with Crippen LogP contribution in [0.15, 0.2) is 24.3 Å². The highest BCUT2D eigenvalue weighted by atomic mass is 19.4. The van der Waals surface area contributed by atoms with Gasteiger partial charge in [-0.15, -0.1) is 0 Å². The maximum absolute atomic E-state index is 12.6. The third-order valence-corrected chi connectivity index (χ3v) is 2.07. The first-order chi connectivity index (χ1) is 8.45. The van der Waals surface area contributed by atoms with Crippen LogP contribution < -0.4 is 10.6 Å². The minimum atomic E-state index is -4.50. The van der Waals surface area contributed by atoms with Crippen molar-refractivity contribution >= 4 is 11.7 Å². The smallest absolute Gasteiger partial charge is 0.383 e. The van der Waals surface area contributed by atoms with Crippen LogP contribution >= 0.6 is 0 Å². The van der Waals surface area contributed by atoms with E-state index in [9.17, 15) is 18.0 Å². The molecule has 1 rings (SSSR count). The summed E-state index contributed by atoms with van der Waals surface area (Å²) >= 11 is 0. The lowest BCUT2D eigenvalue weighted by molar-refractivity contribution is -0.136. The number of benzene rings is 1. The predicted octanol–water partition coefficient (Wildman–Crippen LogP) is 2.47. The monoisotopic (exact) mass is 262 g/mol. The summed E-state index contributed by atoms with van der Waals surface area (Å²) in [7, 11) is 1.46. The van der Waals surface area contributed by atoms with Gasteiger partial charge in [0.25, 0.3) is 0 Å². The van der Waals surface area contributed by atoms with Gasteiger partial charge >= 0.3 is 12.2 Å². The van der Waals surface area contributed by atoms with Crippen LogP contribution in [-0.2, 0) is 10.9 Å². The van der Waals surface area contributed by atoms with Gasteiger partial charge in [0.05, 0.1) is 17.9 Å². The molecule has 1 aromatic rings. The normalized spacial score (nSPS) is 11.1. The van der Waals surface area contributed by atoms with E-state index >= 15 is 0 Å². The molecule has 0 fully saturated rings. The second-order valence-corrected chi connectivity index (χ2v) is 3.42. The molecule has 1 aromatic carbocycles. The molecule has 0 unspecified atom stereocenters. The number of para-hydroxylation sites is 1. The number of hydrogen-bond donors (Lipinski definition) is 2. The van der Waals surface area contributed by atoms with Crippen LogP contribution in [0.5, 0.6) is 0 Å². The van der Waals surface area contributed by atoms with Gasteiger partial charge in [0.15, 0.2) is 0 Å². The van der Waals surface area contributed by atoms with E-state index < -0.39 is 17.8 Å². The first kappa shape index (κ1) is 14.3. The van der Waals surface area contributed by atoms with Crippen molar-refractivity contribution < 1.29 is 22.7 Å². The molecule has 2 N–H and O–H groups in total. The Kier molecular flexibility index (Phi) is 4.96. The Hall–Kier alpha value is -1.76. The van der Waals surface area contributed by atoms with Gasteiger partial charge in [-0.25, -0.2) is 4.79 Å². The molecule has 7 heteroatoms. The fourth-order valence-corrected chi connectivity index (χ4v) is 1.27. The molecular weight excluding hydrogens is 249 g/mol. The van der Waals surface area contributed by atoms with E-state index in [1.807, 2.05) is 0 Å². The number of amides is 2. The Morgan fingerprint density at radius 1 is 1.33 bits per heavy atom. The molecule has 0 aliphatic carbocycles. The Balaban J connectivity index is 2.70. The fourth-order valence-electron chi connectivity index (χ4n) is 1.27. The zero-order valence-corrected chi connectivity index (χ0v) is 9.67. The number of urea groups is 1. The second kappa shape index (κ2) is 6.25. The molecule has 0 spiro atoms. The number of ether oxygens (including phenoxy) is 1. The number of anilines is 1. The lowest BCUT2D eigenvalue weighted by atomic mass is 10.1. The molecular formula is C11H13F3N2O2. The first-order valence-corrected chi connectivity index (χ1v) is 5.15. The summed E-state index contributed by atoms with van der Waals surface area (Å²) in [6.45, 7) is 0.505. The molecule has 0 saturated carbocycles. The largest absolute Gasteiger partial charge is 0.418 e. The molecule has 4 nitrogen and oxygen atoms in total. The van der Waals surface area contributed by atoms with Crippen molar-refractivity contribution in [1.82, 2.24) is 5.32 Å². The highest BCUT2D eigenvalue weighted by Gasteiger charge is 2.33. The minimum Gasteiger partial charge on any atom is -0.383 e. The second-order valence-electron chi connectivity index (χ2n) is 3.42. The summed E-state index contributed by atoms with van der Waals surface area (Å²) < 4.78 is 42.5. The minimum absolute atomic E-state index is 0.219. The number of carbonyl (C=O) groups is 1. The van der Waals surface area contributed by atoms with E-state index in [1.54, 1.807) is 0 Å². The molecule has 0 bridgehead atoms. The number of nitrogens with one attached hydrogen (secondary N) is 2. The predicted molar refractivity (Wildman–Crippen MR) is 60.3 cm³/mol. The standard InChI is InChI=1S/C11H13F3N2O2/c1-18-7-6-15-10(17)16-9-5-3-2-4-8(9)11(12,13)14/h2-5H,6-7H2,1H3,(H2,15,16,17). The number of halogens is 3. The average Bonchev–Trinajstić information content (AvgIpc) is 2.28. The maximum atomic E-state index is 12.6. The fraction of sp³-hybridized carbons (Fsp3) is 0.364. The van der Waals surface area contributed by atoms with E-state index in [4.69, 9.17) is 4.74 Å². The third kappa shape index (κ3) is 4.25. The van der Waals surface area contributed by atoms with E-state index in [0.717, 1.165) is 6.07 Å². The zero-order chi connectivity index (χ0) is 13.6. The zero-order valence-electron chi connectivity index (χ0n) is 9.67. The van der Waals surface area contributed by atoms with Gasteiger partial charge in [0.1, 0.15) is 0 Å². The van der Waals surface area contributed by atoms with Crippen molar-refractivity contribution in [3.05, 3.63) is 29.8 Å². The first-order valence-electron chi connectivity index (χ1n) is 5.15. The van der Waals surface area contributed by atoms with Crippen molar-refractivity contribution in [3.8, 4) is 0 Å². The van der Waals surface area contributed by atoms with Crippen LogP contribution in [0.3, 0.4) is 0 Å². The van der Waals surface area contributed by atoms with Gasteiger partial charge in [0, 0.05) is 13.7 Å². The number of carbonyl (C=O) groups excluding carboxylic acids is 1. The van der Waals surface area contributed by atoms with Gasteiger partial charge in [-0.2, -0.15) is 13.2 Å². The van der Waals surface area contributed by atoms with Crippen molar-refractivity contribution in [3.63, 3.8) is 0 Å². The van der Waals surface area contributed by atoms with Crippen LogP contribution in [0, 0.1) is 0 Å². The van der Waals surface area contributed by atoms with E-state index in [2.05, 4.69) is 10.6 Å². The number of methoxy groups -OCH3 is 1. The van der Waals surface area contributed by atoms with Crippen molar-refractivity contribution in [2.45, 2.75) is 6.18 Å². The van der Waals surface area contributed by atoms with Crippen molar-refractivity contribution in [2.75, 3.05) is 25.6 Å². The summed E-state index contributed by atoms with van der Waals surface area (Å²) in [6, 6.07) is 4.07. The molecule has 0 atom stereocenters. The third-order valence-electron chi connectivity index (χ3n) is 2.07. The van der Waals surface area contributed by atoms with Crippen molar-refractivity contribution in [2.24, 2.45) is 0 Å². The molecule has 0 aromatic heterocycles. The Morgan fingerprint density at radius 2 is 2.00 bits per heavy atom. The highest BCUT2D eigenvalue weighted by molar-refractivity contribution is 5.90. The topological polar surface area (TPSA) is 50.4 Å². The molecule has 0 aliphatic rings. The number of hydrogen-bond acceptors (Lipinski definition) is 2.